The Kier molecular flexibility index (Phi) is 2.75. The average Bonchev–Trinajstić information content (AvgIpc) is 2.58. The molecule has 0 spiro atoms. The van der Waals surface area contributed by atoms with Crippen molar-refractivity contribution in [3.05, 3.63) is 27.3 Å². The van der Waals surface area contributed by atoms with Crippen molar-refractivity contribution >= 4 is 33.1 Å². The van der Waals surface area contributed by atoms with Gasteiger partial charge in [0.15, 0.2) is 5.82 Å². The van der Waals surface area contributed by atoms with Crippen LogP contribution in [-0.2, 0) is 0 Å². The van der Waals surface area contributed by atoms with Crippen molar-refractivity contribution in [2.24, 2.45) is 0 Å². The zero-order chi connectivity index (χ0) is 11.0. The second-order valence-electron chi connectivity index (χ2n) is 3.23. The summed E-state index contributed by atoms with van der Waals surface area (Å²) in [4.78, 5) is 9.77. The molecule has 2 aromatic rings. The monoisotopic (exact) mass is 283 g/mol. The zero-order valence-corrected chi connectivity index (χ0v) is 10.8. The van der Waals surface area contributed by atoms with E-state index in [2.05, 4.69) is 25.9 Å². The van der Waals surface area contributed by atoms with Crippen LogP contribution in [0.15, 0.2) is 15.9 Å². The summed E-state index contributed by atoms with van der Waals surface area (Å²) in [5.41, 5.74) is 8.42. The number of nitrogens with two attached hydrogens (primary N) is 1. The molecule has 0 amide bonds. The van der Waals surface area contributed by atoms with Gasteiger partial charge in [0.1, 0.15) is 5.69 Å². The number of nitrogen functional groups attached to an aromatic ring is 1. The van der Waals surface area contributed by atoms with E-state index >= 15 is 0 Å². The molecule has 0 aliphatic rings. The Labute approximate surface area is 101 Å². The number of thiophene rings is 1. The molecule has 2 aromatic heterocycles. The summed E-state index contributed by atoms with van der Waals surface area (Å²) in [5.74, 6) is 0.487. The molecule has 5 heteroatoms. The van der Waals surface area contributed by atoms with E-state index in [0.717, 1.165) is 26.4 Å². The van der Waals surface area contributed by atoms with Crippen molar-refractivity contribution in [2.45, 2.75) is 13.8 Å². The number of nitrogens with zero attached hydrogens (tertiary/aromatic N) is 2. The first-order valence-electron chi connectivity index (χ1n) is 4.43. The van der Waals surface area contributed by atoms with Gasteiger partial charge in [-0.25, -0.2) is 9.97 Å². The van der Waals surface area contributed by atoms with Crippen LogP contribution < -0.4 is 5.73 Å². The number of aromatic nitrogens is 2. The minimum Gasteiger partial charge on any atom is -0.382 e. The minimum absolute atomic E-state index is 0.487. The fourth-order valence-electron chi connectivity index (χ4n) is 1.25. The van der Waals surface area contributed by atoms with Gasteiger partial charge in [0.25, 0.3) is 0 Å². The van der Waals surface area contributed by atoms with E-state index in [4.69, 9.17) is 5.73 Å². The van der Waals surface area contributed by atoms with Crippen molar-refractivity contribution in [1.29, 1.82) is 0 Å². The normalized spacial score (nSPS) is 10.6. The summed E-state index contributed by atoms with van der Waals surface area (Å²) in [7, 11) is 0. The molecule has 0 saturated heterocycles. The highest BCUT2D eigenvalue weighted by atomic mass is 79.9. The van der Waals surface area contributed by atoms with Gasteiger partial charge in [-0.1, -0.05) is 0 Å². The summed E-state index contributed by atoms with van der Waals surface area (Å²) < 4.78 is 1.01. The molecule has 2 rings (SSSR count). The number of aryl methyl sites for hydroxylation is 2. The van der Waals surface area contributed by atoms with Gasteiger partial charge in [-0.05, 0) is 41.2 Å². The molecule has 0 unspecified atom stereocenters. The topological polar surface area (TPSA) is 51.8 Å². The Bertz CT molecular complexity index is 507. The van der Waals surface area contributed by atoms with Crippen molar-refractivity contribution in [3.63, 3.8) is 0 Å². The van der Waals surface area contributed by atoms with Crippen molar-refractivity contribution < 1.29 is 0 Å². The highest BCUT2D eigenvalue weighted by molar-refractivity contribution is 9.10. The van der Waals surface area contributed by atoms with Crippen LogP contribution in [0.5, 0.6) is 0 Å². The summed E-state index contributed by atoms with van der Waals surface area (Å²) >= 11 is 5.07. The van der Waals surface area contributed by atoms with Crippen LogP contribution in [0.3, 0.4) is 0 Å². The Hall–Kier alpha value is -0.940. The van der Waals surface area contributed by atoms with Crippen LogP contribution in [0, 0.1) is 13.8 Å². The summed E-state index contributed by atoms with van der Waals surface area (Å²) in [6.45, 7) is 3.85. The van der Waals surface area contributed by atoms with Gasteiger partial charge in [0.05, 0.1) is 16.3 Å². The minimum atomic E-state index is 0.487. The predicted molar refractivity (Wildman–Crippen MR) is 66.9 cm³/mol. The zero-order valence-electron chi connectivity index (χ0n) is 8.41. The molecule has 0 bridgehead atoms. The number of rotatable bonds is 1. The molecule has 0 atom stereocenters. The smallest absolute Gasteiger partial charge is 0.151 e. The van der Waals surface area contributed by atoms with E-state index in [0.29, 0.717) is 5.82 Å². The fraction of sp³-hybridized carbons (Fsp3) is 0.200. The third-order valence-corrected chi connectivity index (χ3v) is 4.01. The van der Waals surface area contributed by atoms with Gasteiger partial charge in [0.2, 0.25) is 0 Å². The van der Waals surface area contributed by atoms with Gasteiger partial charge >= 0.3 is 0 Å². The maximum Gasteiger partial charge on any atom is 0.151 e. The lowest BCUT2D eigenvalue weighted by Crippen LogP contribution is -2.01. The summed E-state index contributed by atoms with van der Waals surface area (Å²) in [5, 5.41) is 2.00. The quantitative estimate of drug-likeness (QED) is 0.875. The molecule has 0 aliphatic heterocycles. The molecule has 2 heterocycles. The SMILES string of the molecule is Cc1nc(N)c(-c2sccc2Br)nc1C. The first kappa shape index (κ1) is 10.6. The first-order chi connectivity index (χ1) is 7.09. The van der Waals surface area contributed by atoms with Crippen LogP contribution in [0.1, 0.15) is 11.4 Å². The average molecular weight is 284 g/mol. The third-order valence-electron chi connectivity index (χ3n) is 2.17. The Morgan fingerprint density at radius 3 is 2.53 bits per heavy atom. The van der Waals surface area contributed by atoms with Gasteiger partial charge in [-0.2, -0.15) is 0 Å². The Morgan fingerprint density at radius 2 is 1.93 bits per heavy atom. The van der Waals surface area contributed by atoms with Crippen LogP contribution in [0.25, 0.3) is 10.6 Å². The van der Waals surface area contributed by atoms with E-state index in [1.807, 2.05) is 25.3 Å². The van der Waals surface area contributed by atoms with E-state index < -0.39 is 0 Å². The molecule has 3 nitrogen and oxygen atoms in total. The van der Waals surface area contributed by atoms with Gasteiger partial charge in [-0.15, -0.1) is 11.3 Å². The molecular weight excluding hydrogens is 274 g/mol. The van der Waals surface area contributed by atoms with Crippen molar-refractivity contribution in [1.82, 2.24) is 9.97 Å². The predicted octanol–water partition coefficient (Wildman–Crippen LogP) is 3.17. The van der Waals surface area contributed by atoms with Gasteiger partial charge in [0, 0.05) is 4.47 Å². The first-order valence-corrected chi connectivity index (χ1v) is 6.11. The Balaban J connectivity index is 2.64. The number of hydrogen-bond acceptors (Lipinski definition) is 4. The summed E-state index contributed by atoms with van der Waals surface area (Å²) in [6, 6.07) is 1.98. The van der Waals surface area contributed by atoms with Crippen LogP contribution in [0.2, 0.25) is 0 Å². The lowest BCUT2D eigenvalue weighted by Gasteiger charge is -2.06. The van der Waals surface area contributed by atoms with Crippen LogP contribution >= 0.6 is 27.3 Å². The molecular formula is C10H10BrN3S. The standard InChI is InChI=1S/C10H10BrN3S/c1-5-6(2)14-10(12)8(13-5)9-7(11)3-4-15-9/h3-4H,1-2H3,(H2,12,14). The highest BCUT2D eigenvalue weighted by Crippen LogP contribution is 2.34. The number of anilines is 1. The van der Waals surface area contributed by atoms with Crippen LogP contribution in [0.4, 0.5) is 5.82 Å². The maximum atomic E-state index is 5.86. The molecule has 0 fully saturated rings. The largest absolute Gasteiger partial charge is 0.382 e. The van der Waals surface area contributed by atoms with Gasteiger partial charge < -0.3 is 5.73 Å². The van der Waals surface area contributed by atoms with E-state index in [9.17, 15) is 0 Å². The van der Waals surface area contributed by atoms with Crippen LogP contribution in [-0.4, -0.2) is 9.97 Å². The lowest BCUT2D eigenvalue weighted by molar-refractivity contribution is 1.06. The van der Waals surface area contributed by atoms with Crippen molar-refractivity contribution in [3.8, 4) is 10.6 Å². The van der Waals surface area contributed by atoms with Crippen molar-refractivity contribution in [2.75, 3.05) is 5.73 Å². The third kappa shape index (κ3) is 1.89. The number of hydrogen-bond donors (Lipinski definition) is 1. The van der Waals surface area contributed by atoms with E-state index in [-0.39, 0.29) is 0 Å². The molecule has 0 aromatic carbocycles. The molecule has 0 saturated carbocycles. The van der Waals surface area contributed by atoms with E-state index in [1.165, 1.54) is 0 Å². The van der Waals surface area contributed by atoms with E-state index in [1.54, 1.807) is 11.3 Å². The fourth-order valence-corrected chi connectivity index (χ4v) is 2.81. The second kappa shape index (κ2) is 3.90. The molecule has 0 radical (unpaired) electrons. The molecule has 0 aliphatic carbocycles. The second-order valence-corrected chi connectivity index (χ2v) is 5.00. The molecule has 15 heavy (non-hydrogen) atoms. The summed E-state index contributed by atoms with van der Waals surface area (Å²) in [6.07, 6.45) is 0. The number of halogens is 1. The molecule has 2 N–H and O–H groups in total. The van der Waals surface area contributed by atoms with Gasteiger partial charge in [-0.3, -0.25) is 0 Å². The molecule has 78 valence electrons. The highest BCUT2D eigenvalue weighted by Gasteiger charge is 2.12. The lowest BCUT2D eigenvalue weighted by atomic mass is 10.3. The maximum absolute atomic E-state index is 5.86. The Morgan fingerprint density at radius 1 is 1.27 bits per heavy atom.